The molecule has 0 saturated carbocycles. The van der Waals surface area contributed by atoms with Crippen LogP contribution in [-0.4, -0.2) is 36.6 Å². The molecule has 2 heterocycles. The van der Waals surface area contributed by atoms with E-state index in [0.29, 0.717) is 0 Å². The number of halogens is 1. The van der Waals surface area contributed by atoms with E-state index in [4.69, 9.17) is 0 Å². The van der Waals surface area contributed by atoms with Crippen molar-refractivity contribution in [3.8, 4) is 0 Å². The van der Waals surface area contributed by atoms with Crippen molar-refractivity contribution in [2.45, 2.75) is 51.6 Å². The maximum Gasteiger partial charge on any atom is 0.0348 e. The molecule has 0 aliphatic carbocycles. The van der Waals surface area contributed by atoms with Crippen molar-refractivity contribution in [3.63, 3.8) is 0 Å². The first-order valence-electron chi connectivity index (χ1n) is 6.29. The molecule has 2 saturated heterocycles. The van der Waals surface area contributed by atoms with Crippen molar-refractivity contribution >= 4 is 12.4 Å². The third-order valence-corrected chi connectivity index (χ3v) is 4.12. The van der Waals surface area contributed by atoms with Crippen molar-refractivity contribution < 1.29 is 0 Å². The molecule has 2 rings (SSSR count). The highest BCUT2D eigenvalue weighted by atomic mass is 35.5. The lowest BCUT2D eigenvalue weighted by Gasteiger charge is -2.47. The van der Waals surface area contributed by atoms with Gasteiger partial charge in [0.15, 0.2) is 0 Å². The molecule has 15 heavy (non-hydrogen) atoms. The summed E-state index contributed by atoms with van der Waals surface area (Å²) in [5.74, 6) is 0.885. The summed E-state index contributed by atoms with van der Waals surface area (Å²) in [4.78, 5) is 2.79. The van der Waals surface area contributed by atoms with Gasteiger partial charge in [-0.3, -0.25) is 4.90 Å². The number of nitrogens with zero attached hydrogens (tertiary/aromatic N) is 1. The maximum absolute atomic E-state index is 3.39. The van der Waals surface area contributed by atoms with Crippen LogP contribution in [0, 0.1) is 5.92 Å². The molecule has 2 aliphatic rings. The number of likely N-dealkylation sites (tertiary alicyclic amines) is 1. The molecule has 0 bridgehead atoms. The Balaban J connectivity index is 0.00000112. The summed E-state index contributed by atoms with van der Waals surface area (Å²) in [7, 11) is 0. The number of piperidine rings is 1. The van der Waals surface area contributed by atoms with Crippen molar-refractivity contribution in [2.24, 2.45) is 5.92 Å². The van der Waals surface area contributed by atoms with Crippen LogP contribution in [-0.2, 0) is 0 Å². The van der Waals surface area contributed by atoms with Gasteiger partial charge < -0.3 is 5.32 Å². The highest BCUT2D eigenvalue weighted by Gasteiger charge is 2.33. The lowest BCUT2D eigenvalue weighted by molar-refractivity contribution is 0.0366. The number of hydrogen-bond donors (Lipinski definition) is 1. The number of hydrogen-bond acceptors (Lipinski definition) is 2. The first-order valence-corrected chi connectivity index (χ1v) is 6.29. The lowest BCUT2D eigenvalue weighted by Crippen LogP contribution is -2.62. The fraction of sp³-hybridized carbons (Fsp3) is 1.00. The van der Waals surface area contributed by atoms with Gasteiger partial charge >= 0.3 is 0 Å². The van der Waals surface area contributed by atoms with E-state index in [9.17, 15) is 0 Å². The minimum atomic E-state index is 0. The zero-order chi connectivity index (χ0) is 9.97. The van der Waals surface area contributed by atoms with Gasteiger partial charge in [0.25, 0.3) is 0 Å². The molecule has 0 spiro atoms. The molecule has 3 heteroatoms. The summed E-state index contributed by atoms with van der Waals surface area (Å²) in [6.07, 6.45) is 5.64. The molecule has 0 aromatic carbocycles. The van der Waals surface area contributed by atoms with E-state index >= 15 is 0 Å². The Labute approximate surface area is 100 Å². The van der Waals surface area contributed by atoms with E-state index in [1.54, 1.807) is 0 Å². The van der Waals surface area contributed by atoms with Crippen molar-refractivity contribution in [1.29, 1.82) is 0 Å². The van der Waals surface area contributed by atoms with E-state index in [2.05, 4.69) is 24.1 Å². The highest BCUT2D eigenvalue weighted by Crippen LogP contribution is 2.27. The Bertz CT molecular complexity index is 170. The van der Waals surface area contributed by atoms with Crippen molar-refractivity contribution in [1.82, 2.24) is 10.2 Å². The van der Waals surface area contributed by atoms with Gasteiger partial charge in [-0.1, -0.05) is 26.7 Å². The summed E-state index contributed by atoms with van der Waals surface area (Å²) >= 11 is 0. The normalized spacial score (nSPS) is 30.4. The molecular formula is C12H25ClN2. The summed E-state index contributed by atoms with van der Waals surface area (Å²) in [5.41, 5.74) is 0. The van der Waals surface area contributed by atoms with E-state index in [1.807, 2.05) is 0 Å². The zero-order valence-corrected chi connectivity index (χ0v) is 10.9. The van der Waals surface area contributed by atoms with Gasteiger partial charge in [-0.25, -0.2) is 0 Å². The first kappa shape index (κ1) is 13.3. The second-order valence-electron chi connectivity index (χ2n) is 5.00. The van der Waals surface area contributed by atoms with Crippen LogP contribution in [0.5, 0.6) is 0 Å². The highest BCUT2D eigenvalue weighted by molar-refractivity contribution is 5.85. The molecule has 2 aliphatic heterocycles. The van der Waals surface area contributed by atoms with Crippen LogP contribution in [0.4, 0.5) is 0 Å². The molecule has 90 valence electrons. The number of nitrogens with one attached hydrogen (secondary N) is 1. The topological polar surface area (TPSA) is 15.3 Å². The standard InChI is InChI=1S/C12H24N2.ClH/c1-3-10(2)12-6-4-5-7-14(12)11-8-13-9-11;/h10-13H,3-9H2,1-2H3;1H. The van der Waals surface area contributed by atoms with Gasteiger partial charge in [-0.05, 0) is 25.3 Å². The smallest absolute Gasteiger partial charge is 0.0348 e. The van der Waals surface area contributed by atoms with E-state index in [0.717, 1.165) is 18.0 Å². The molecular weight excluding hydrogens is 208 g/mol. The third kappa shape index (κ3) is 2.86. The minimum absolute atomic E-state index is 0. The van der Waals surface area contributed by atoms with Gasteiger partial charge in [-0.15, -0.1) is 12.4 Å². The van der Waals surface area contributed by atoms with Crippen LogP contribution in [0.3, 0.4) is 0 Å². The number of rotatable bonds is 3. The monoisotopic (exact) mass is 232 g/mol. The molecule has 2 fully saturated rings. The van der Waals surface area contributed by atoms with Gasteiger partial charge in [-0.2, -0.15) is 0 Å². The van der Waals surface area contributed by atoms with E-state index in [1.165, 1.54) is 45.3 Å². The largest absolute Gasteiger partial charge is 0.314 e. The Morgan fingerprint density at radius 2 is 2.07 bits per heavy atom. The molecule has 2 unspecified atom stereocenters. The van der Waals surface area contributed by atoms with Crippen LogP contribution in [0.2, 0.25) is 0 Å². The van der Waals surface area contributed by atoms with Gasteiger partial charge in [0.1, 0.15) is 0 Å². The second-order valence-corrected chi connectivity index (χ2v) is 5.00. The molecule has 0 aromatic heterocycles. The average Bonchev–Trinajstić information content (AvgIpc) is 2.15. The molecule has 0 aromatic rings. The third-order valence-electron chi connectivity index (χ3n) is 4.12. The van der Waals surface area contributed by atoms with Crippen molar-refractivity contribution in [2.75, 3.05) is 19.6 Å². The quantitative estimate of drug-likeness (QED) is 0.803. The summed E-state index contributed by atoms with van der Waals surface area (Å²) in [5, 5.41) is 3.39. The van der Waals surface area contributed by atoms with Crippen LogP contribution in [0.25, 0.3) is 0 Å². The van der Waals surface area contributed by atoms with Gasteiger partial charge in [0.2, 0.25) is 0 Å². The van der Waals surface area contributed by atoms with Gasteiger partial charge in [0.05, 0.1) is 0 Å². The van der Waals surface area contributed by atoms with Crippen LogP contribution in [0.1, 0.15) is 39.5 Å². The molecule has 2 nitrogen and oxygen atoms in total. The molecule has 0 amide bonds. The summed E-state index contributed by atoms with van der Waals surface area (Å²) < 4.78 is 0. The predicted octanol–water partition coefficient (Wildman–Crippen LogP) is 2.28. The lowest BCUT2D eigenvalue weighted by atomic mass is 9.88. The Morgan fingerprint density at radius 3 is 2.60 bits per heavy atom. The van der Waals surface area contributed by atoms with Crippen LogP contribution < -0.4 is 5.32 Å². The fourth-order valence-electron chi connectivity index (χ4n) is 2.82. The molecule has 1 N–H and O–H groups in total. The second kappa shape index (κ2) is 6.07. The summed E-state index contributed by atoms with van der Waals surface area (Å²) in [6, 6.07) is 1.73. The van der Waals surface area contributed by atoms with Gasteiger partial charge in [0, 0.05) is 25.2 Å². The van der Waals surface area contributed by atoms with Crippen LogP contribution >= 0.6 is 12.4 Å². The van der Waals surface area contributed by atoms with E-state index in [-0.39, 0.29) is 12.4 Å². The average molecular weight is 233 g/mol. The van der Waals surface area contributed by atoms with Crippen LogP contribution in [0.15, 0.2) is 0 Å². The fourth-order valence-corrected chi connectivity index (χ4v) is 2.82. The van der Waals surface area contributed by atoms with E-state index < -0.39 is 0 Å². The first-order chi connectivity index (χ1) is 6.83. The summed E-state index contributed by atoms with van der Waals surface area (Å²) in [6.45, 7) is 8.56. The molecule has 2 atom stereocenters. The predicted molar refractivity (Wildman–Crippen MR) is 67.7 cm³/mol. The SMILES string of the molecule is CCC(C)C1CCCCN1C1CNC1.Cl. The molecule has 0 radical (unpaired) electrons. The maximum atomic E-state index is 3.39. The Kier molecular flexibility index (Phi) is 5.37. The zero-order valence-electron chi connectivity index (χ0n) is 10.0. The Morgan fingerprint density at radius 1 is 1.33 bits per heavy atom. The minimum Gasteiger partial charge on any atom is -0.314 e. The Hall–Kier alpha value is 0.210. The van der Waals surface area contributed by atoms with Crippen molar-refractivity contribution in [3.05, 3.63) is 0 Å².